The van der Waals surface area contributed by atoms with Gasteiger partial charge in [-0.3, -0.25) is 0 Å². The number of aromatic amines is 1. The number of rotatable bonds is 2. The first kappa shape index (κ1) is 9.48. The second-order valence-corrected chi connectivity index (χ2v) is 3.06. The van der Waals surface area contributed by atoms with Gasteiger partial charge in [-0.25, -0.2) is 4.79 Å². The lowest BCUT2D eigenvalue weighted by atomic mass is 10.1. The highest BCUT2D eigenvalue weighted by Gasteiger charge is 1.99. The fourth-order valence-electron chi connectivity index (χ4n) is 1.45. The molecule has 2 aromatic rings. The first-order valence-electron chi connectivity index (χ1n) is 4.46. The van der Waals surface area contributed by atoms with Crippen molar-refractivity contribution in [2.75, 3.05) is 0 Å². The van der Waals surface area contributed by atoms with Gasteiger partial charge in [-0.15, -0.1) is 0 Å². The van der Waals surface area contributed by atoms with E-state index in [0.29, 0.717) is 0 Å². The molecule has 0 unspecified atom stereocenters. The van der Waals surface area contributed by atoms with Crippen LogP contribution in [0.1, 0.15) is 5.56 Å². The van der Waals surface area contributed by atoms with Gasteiger partial charge in [-0.05, 0) is 23.8 Å². The van der Waals surface area contributed by atoms with Crippen LogP contribution in [0.5, 0.6) is 0 Å². The molecule has 0 amide bonds. The molecular weight excluding hydrogens is 192 g/mol. The smallest absolute Gasteiger partial charge is 0.349 e. The second kappa shape index (κ2) is 3.98. The lowest BCUT2D eigenvalue weighted by molar-refractivity contribution is -0.138. The number of nitrogens with one attached hydrogen (secondary N) is 1. The van der Waals surface area contributed by atoms with Gasteiger partial charge in [0.25, 0.3) is 0 Å². The molecule has 1 aromatic carbocycles. The summed E-state index contributed by atoms with van der Waals surface area (Å²) in [5.41, 5.74) is 1.97. The largest absolute Gasteiger partial charge is 0.370 e. The molecule has 0 aliphatic heterocycles. The fourth-order valence-corrected chi connectivity index (χ4v) is 1.45. The van der Waals surface area contributed by atoms with Crippen molar-refractivity contribution in [1.29, 1.82) is 0 Å². The lowest BCUT2D eigenvalue weighted by Gasteiger charge is -1.95. The van der Waals surface area contributed by atoms with Crippen molar-refractivity contribution < 1.29 is 9.63 Å². The van der Waals surface area contributed by atoms with Gasteiger partial charge in [0.05, 0.1) is 0 Å². The SMILES string of the molecule is NOC(=O)C=Cc1cccc2[nH]ccc12. The van der Waals surface area contributed by atoms with Crippen LogP contribution in [0.15, 0.2) is 36.5 Å². The summed E-state index contributed by atoms with van der Waals surface area (Å²) in [4.78, 5) is 17.9. The van der Waals surface area contributed by atoms with Gasteiger partial charge < -0.3 is 9.82 Å². The molecule has 0 fully saturated rings. The lowest BCUT2D eigenvalue weighted by Crippen LogP contribution is -2.05. The predicted octanol–water partition coefficient (Wildman–Crippen LogP) is 1.60. The molecule has 1 heterocycles. The number of H-pyrrole nitrogens is 1. The molecule has 15 heavy (non-hydrogen) atoms. The van der Waals surface area contributed by atoms with Crippen LogP contribution in [0, 0.1) is 0 Å². The molecule has 4 heteroatoms. The summed E-state index contributed by atoms with van der Waals surface area (Å²) >= 11 is 0. The van der Waals surface area contributed by atoms with Crippen LogP contribution in [-0.4, -0.2) is 11.0 Å². The van der Waals surface area contributed by atoms with Gasteiger partial charge in [0.15, 0.2) is 0 Å². The third kappa shape index (κ3) is 1.89. The number of aromatic nitrogens is 1. The quantitative estimate of drug-likeness (QED) is 0.574. The number of hydrogen-bond acceptors (Lipinski definition) is 3. The zero-order valence-electron chi connectivity index (χ0n) is 7.94. The molecule has 0 saturated carbocycles. The van der Waals surface area contributed by atoms with E-state index in [9.17, 15) is 4.79 Å². The molecule has 76 valence electrons. The van der Waals surface area contributed by atoms with Gasteiger partial charge in [-0.2, -0.15) is 5.90 Å². The van der Waals surface area contributed by atoms with Gasteiger partial charge in [-0.1, -0.05) is 12.1 Å². The van der Waals surface area contributed by atoms with Crippen molar-refractivity contribution >= 4 is 22.9 Å². The van der Waals surface area contributed by atoms with Crippen molar-refractivity contribution in [3.63, 3.8) is 0 Å². The first-order valence-corrected chi connectivity index (χ1v) is 4.46. The van der Waals surface area contributed by atoms with Crippen LogP contribution >= 0.6 is 0 Å². The van der Waals surface area contributed by atoms with E-state index in [1.165, 1.54) is 6.08 Å². The maximum absolute atomic E-state index is 10.8. The zero-order valence-corrected chi connectivity index (χ0v) is 7.94. The number of hydrogen-bond donors (Lipinski definition) is 2. The minimum atomic E-state index is -0.567. The van der Waals surface area contributed by atoms with Crippen LogP contribution < -0.4 is 5.90 Å². The molecule has 0 saturated heterocycles. The number of nitrogens with two attached hydrogens (primary N) is 1. The number of carbonyl (C=O) groups is 1. The summed E-state index contributed by atoms with van der Waals surface area (Å²) in [6, 6.07) is 7.74. The molecule has 0 aliphatic rings. The van der Waals surface area contributed by atoms with E-state index in [1.807, 2.05) is 30.5 Å². The number of carbonyl (C=O) groups excluding carboxylic acids is 1. The van der Waals surface area contributed by atoms with E-state index in [2.05, 4.69) is 9.82 Å². The van der Waals surface area contributed by atoms with Crippen molar-refractivity contribution in [3.05, 3.63) is 42.1 Å². The van der Waals surface area contributed by atoms with Crippen molar-refractivity contribution in [2.45, 2.75) is 0 Å². The minimum absolute atomic E-state index is 0.567. The van der Waals surface area contributed by atoms with E-state index in [-0.39, 0.29) is 0 Å². The summed E-state index contributed by atoms with van der Waals surface area (Å²) in [5.74, 6) is 4.15. The van der Waals surface area contributed by atoms with Crippen LogP contribution in [0.4, 0.5) is 0 Å². The van der Waals surface area contributed by atoms with Crippen molar-refractivity contribution in [2.24, 2.45) is 5.90 Å². The normalized spacial score (nSPS) is 11.0. The minimum Gasteiger partial charge on any atom is -0.370 e. The first-order chi connectivity index (χ1) is 7.31. The standard InChI is InChI=1S/C11H10N2O2/c12-15-11(14)5-4-8-2-1-3-10-9(8)6-7-13-10/h1-7,13H,12H2. The van der Waals surface area contributed by atoms with Crippen LogP contribution in [-0.2, 0) is 9.63 Å². The predicted molar refractivity (Wildman–Crippen MR) is 57.6 cm³/mol. The Kier molecular flexibility index (Phi) is 2.51. The highest BCUT2D eigenvalue weighted by molar-refractivity contribution is 5.93. The molecule has 4 nitrogen and oxygen atoms in total. The maximum atomic E-state index is 10.8. The van der Waals surface area contributed by atoms with Gasteiger partial charge in [0, 0.05) is 23.2 Å². The molecule has 0 atom stereocenters. The van der Waals surface area contributed by atoms with E-state index in [4.69, 9.17) is 5.90 Å². The molecule has 0 bridgehead atoms. The molecule has 2 rings (SSSR count). The molecule has 0 aliphatic carbocycles. The van der Waals surface area contributed by atoms with E-state index in [0.717, 1.165) is 16.5 Å². The van der Waals surface area contributed by atoms with Crippen LogP contribution in [0.3, 0.4) is 0 Å². The topological polar surface area (TPSA) is 68.1 Å². The van der Waals surface area contributed by atoms with E-state index < -0.39 is 5.97 Å². The average molecular weight is 202 g/mol. The van der Waals surface area contributed by atoms with Crippen molar-refractivity contribution in [1.82, 2.24) is 4.98 Å². The molecule has 3 N–H and O–H groups in total. The molecule has 0 radical (unpaired) electrons. The molecule has 1 aromatic heterocycles. The summed E-state index contributed by atoms with van der Waals surface area (Å²) in [6.07, 6.45) is 4.82. The Morgan fingerprint density at radius 3 is 3.07 bits per heavy atom. The van der Waals surface area contributed by atoms with Crippen molar-refractivity contribution in [3.8, 4) is 0 Å². The highest BCUT2D eigenvalue weighted by atomic mass is 16.7. The van der Waals surface area contributed by atoms with E-state index in [1.54, 1.807) is 6.08 Å². The van der Waals surface area contributed by atoms with E-state index >= 15 is 0 Å². The Bertz CT molecular complexity index is 514. The third-order valence-electron chi connectivity index (χ3n) is 2.14. The molecular formula is C11H10N2O2. The summed E-state index contributed by atoms with van der Waals surface area (Å²) in [7, 11) is 0. The maximum Gasteiger partial charge on any atom is 0.349 e. The highest BCUT2D eigenvalue weighted by Crippen LogP contribution is 2.18. The van der Waals surface area contributed by atoms with Gasteiger partial charge in [0.1, 0.15) is 0 Å². The number of fused-ring (bicyclic) bond motifs is 1. The Hall–Kier alpha value is -2.07. The summed E-state index contributed by atoms with van der Waals surface area (Å²) in [5, 5.41) is 1.05. The molecule has 0 spiro atoms. The monoisotopic (exact) mass is 202 g/mol. The average Bonchev–Trinajstić information content (AvgIpc) is 2.74. The Morgan fingerprint density at radius 1 is 1.40 bits per heavy atom. The third-order valence-corrected chi connectivity index (χ3v) is 2.14. The van der Waals surface area contributed by atoms with Crippen LogP contribution in [0.25, 0.3) is 17.0 Å². The summed E-state index contributed by atoms with van der Waals surface area (Å²) < 4.78 is 0. The zero-order chi connectivity index (χ0) is 10.7. The number of benzene rings is 1. The second-order valence-electron chi connectivity index (χ2n) is 3.06. The summed E-state index contributed by atoms with van der Waals surface area (Å²) in [6.45, 7) is 0. The van der Waals surface area contributed by atoms with Gasteiger partial charge in [0.2, 0.25) is 0 Å². The Morgan fingerprint density at radius 2 is 2.27 bits per heavy atom. The van der Waals surface area contributed by atoms with Gasteiger partial charge >= 0.3 is 5.97 Å². The fraction of sp³-hybridized carbons (Fsp3) is 0. The Labute approximate surface area is 86.3 Å². The van der Waals surface area contributed by atoms with Crippen LogP contribution in [0.2, 0.25) is 0 Å². The Balaban J connectivity index is 2.39.